The van der Waals surface area contributed by atoms with Gasteiger partial charge in [0.25, 0.3) is 0 Å². The fourth-order valence-electron chi connectivity index (χ4n) is 3.13. The summed E-state index contributed by atoms with van der Waals surface area (Å²) in [5.41, 5.74) is 1.28. The topological polar surface area (TPSA) is 89.9 Å². The van der Waals surface area contributed by atoms with Crippen molar-refractivity contribution in [3.8, 4) is 0 Å². The molecule has 7 heteroatoms. The van der Waals surface area contributed by atoms with Crippen LogP contribution < -0.4 is 5.32 Å². The van der Waals surface area contributed by atoms with Gasteiger partial charge in [-0.2, -0.15) is 0 Å². The van der Waals surface area contributed by atoms with Crippen LogP contribution in [0.2, 0.25) is 5.02 Å². The van der Waals surface area contributed by atoms with Crippen LogP contribution >= 0.6 is 11.6 Å². The van der Waals surface area contributed by atoms with E-state index in [1.165, 1.54) is 37.8 Å². The van der Waals surface area contributed by atoms with E-state index in [0.717, 1.165) is 36.6 Å². The van der Waals surface area contributed by atoms with Crippen molar-refractivity contribution in [2.24, 2.45) is 5.92 Å². The molecule has 1 saturated carbocycles. The lowest BCUT2D eigenvalue weighted by molar-refractivity contribution is -0.134. The minimum Gasteiger partial charge on any atom is -0.478 e. The Bertz CT molecular complexity index is 639. The predicted octanol–water partition coefficient (Wildman–Crippen LogP) is 3.02. The lowest BCUT2D eigenvalue weighted by atomic mass is 10.0. The summed E-state index contributed by atoms with van der Waals surface area (Å²) in [5, 5.41) is 20.0. The zero-order valence-corrected chi connectivity index (χ0v) is 16.1. The number of nitrogens with one attached hydrogen (secondary N) is 1. The van der Waals surface area contributed by atoms with Gasteiger partial charge in [0.1, 0.15) is 0 Å². The smallest absolute Gasteiger partial charge is 0.328 e. The van der Waals surface area contributed by atoms with Gasteiger partial charge in [-0.3, -0.25) is 4.90 Å². The molecule has 1 aromatic carbocycles. The Balaban J connectivity index is 0.000000279. The summed E-state index contributed by atoms with van der Waals surface area (Å²) in [6.07, 6.45) is 6.51. The highest BCUT2D eigenvalue weighted by Gasteiger charge is 2.29. The lowest BCUT2D eigenvalue weighted by Crippen LogP contribution is -2.43. The van der Waals surface area contributed by atoms with Gasteiger partial charge in [-0.25, -0.2) is 9.59 Å². The van der Waals surface area contributed by atoms with Gasteiger partial charge in [0.15, 0.2) is 0 Å². The molecule has 0 bridgehead atoms. The van der Waals surface area contributed by atoms with Crippen molar-refractivity contribution in [3.05, 3.63) is 47.0 Å². The van der Waals surface area contributed by atoms with Crippen LogP contribution in [0, 0.1) is 5.92 Å². The molecule has 6 nitrogen and oxygen atoms in total. The summed E-state index contributed by atoms with van der Waals surface area (Å²) < 4.78 is 0. The number of halogens is 1. The first kappa shape index (κ1) is 21.4. The number of hydrogen-bond acceptors (Lipinski definition) is 4. The zero-order valence-electron chi connectivity index (χ0n) is 15.3. The Hall–Kier alpha value is -1.89. The van der Waals surface area contributed by atoms with Gasteiger partial charge < -0.3 is 15.5 Å². The molecule has 27 heavy (non-hydrogen) atoms. The molecule has 0 atom stereocenters. The van der Waals surface area contributed by atoms with E-state index in [-0.39, 0.29) is 0 Å². The van der Waals surface area contributed by atoms with Gasteiger partial charge in [0.05, 0.1) is 0 Å². The van der Waals surface area contributed by atoms with E-state index in [1.807, 2.05) is 12.1 Å². The number of piperidine rings is 1. The summed E-state index contributed by atoms with van der Waals surface area (Å²) >= 11 is 6.32. The van der Waals surface area contributed by atoms with Gasteiger partial charge in [-0.1, -0.05) is 29.8 Å². The summed E-state index contributed by atoms with van der Waals surface area (Å²) in [5.74, 6) is -1.57. The van der Waals surface area contributed by atoms with Crippen LogP contribution in [0.4, 0.5) is 0 Å². The molecule has 148 valence electrons. The molecule has 1 aromatic rings. The third-order valence-electron chi connectivity index (χ3n) is 4.71. The third kappa shape index (κ3) is 8.56. The molecule has 1 aliphatic carbocycles. The van der Waals surface area contributed by atoms with E-state index in [9.17, 15) is 9.59 Å². The summed E-state index contributed by atoms with van der Waals surface area (Å²) in [4.78, 5) is 21.8. The van der Waals surface area contributed by atoms with Crippen LogP contribution in [0.3, 0.4) is 0 Å². The maximum absolute atomic E-state index is 9.55. The first-order valence-corrected chi connectivity index (χ1v) is 9.65. The molecule has 0 aromatic heterocycles. The number of nitrogens with zero attached hydrogens (tertiary/aromatic N) is 1. The van der Waals surface area contributed by atoms with Crippen LogP contribution in [0.15, 0.2) is 36.4 Å². The number of carboxylic acids is 2. The van der Waals surface area contributed by atoms with Gasteiger partial charge in [-0.15, -0.1) is 0 Å². The Morgan fingerprint density at radius 2 is 1.67 bits per heavy atom. The Morgan fingerprint density at radius 3 is 2.19 bits per heavy atom. The van der Waals surface area contributed by atoms with Crippen LogP contribution in [0.25, 0.3) is 0 Å². The second-order valence-electron chi connectivity index (χ2n) is 6.96. The Kier molecular flexibility index (Phi) is 8.78. The highest BCUT2D eigenvalue weighted by atomic mass is 35.5. The van der Waals surface area contributed by atoms with Crippen molar-refractivity contribution >= 4 is 23.5 Å². The van der Waals surface area contributed by atoms with E-state index < -0.39 is 11.9 Å². The summed E-state index contributed by atoms with van der Waals surface area (Å²) in [7, 11) is 0. The van der Waals surface area contributed by atoms with E-state index in [2.05, 4.69) is 22.3 Å². The molecular weight excluding hydrogens is 368 g/mol. The normalized spacial score (nSPS) is 17.6. The van der Waals surface area contributed by atoms with Gasteiger partial charge in [0, 0.05) is 36.3 Å². The molecule has 0 radical (unpaired) electrons. The molecular formula is C20H27ClN2O4. The van der Waals surface area contributed by atoms with E-state index >= 15 is 0 Å². The average Bonchev–Trinajstić information content (AvgIpc) is 3.47. The fraction of sp³-hybridized carbons (Fsp3) is 0.500. The third-order valence-corrected chi connectivity index (χ3v) is 5.08. The largest absolute Gasteiger partial charge is 0.478 e. The Morgan fingerprint density at radius 1 is 1.07 bits per heavy atom. The number of carbonyl (C=O) groups is 2. The molecule has 0 spiro atoms. The van der Waals surface area contributed by atoms with Crippen LogP contribution in [0.5, 0.6) is 0 Å². The van der Waals surface area contributed by atoms with Crippen molar-refractivity contribution in [1.82, 2.24) is 10.2 Å². The standard InChI is InChI=1S/C16H23ClN2.C4H4O4/c17-16-4-2-1-3-14(16)12-19(11-13-5-6-13)15-7-9-18-10-8-15;5-3(6)1-2-4(7)8/h1-4,13,15,18H,5-12H2;1-2H,(H,5,6)(H,7,8). The average molecular weight is 395 g/mol. The second-order valence-corrected chi connectivity index (χ2v) is 7.36. The molecule has 1 aliphatic heterocycles. The van der Waals surface area contributed by atoms with E-state index in [0.29, 0.717) is 12.2 Å². The molecule has 3 N–H and O–H groups in total. The second kappa shape index (κ2) is 11.1. The summed E-state index contributed by atoms with van der Waals surface area (Å²) in [6.45, 7) is 4.60. The summed E-state index contributed by atoms with van der Waals surface area (Å²) in [6, 6.07) is 9.02. The first-order chi connectivity index (χ1) is 13.0. The molecule has 2 fully saturated rings. The van der Waals surface area contributed by atoms with E-state index in [1.54, 1.807) is 0 Å². The predicted molar refractivity (Wildman–Crippen MR) is 105 cm³/mol. The molecule has 3 rings (SSSR count). The van der Waals surface area contributed by atoms with Crippen molar-refractivity contribution < 1.29 is 19.8 Å². The van der Waals surface area contributed by atoms with E-state index in [4.69, 9.17) is 21.8 Å². The number of benzene rings is 1. The van der Waals surface area contributed by atoms with Crippen molar-refractivity contribution in [2.45, 2.75) is 38.3 Å². The Labute approximate surface area is 164 Å². The number of aliphatic carboxylic acids is 2. The SMILES string of the molecule is Clc1ccccc1CN(CC1CC1)C1CCNCC1.O=C(O)C=CC(=O)O. The number of rotatable bonds is 7. The maximum atomic E-state index is 9.55. The minimum absolute atomic E-state index is 0.558. The van der Waals surface area contributed by atoms with Gasteiger partial charge >= 0.3 is 11.9 Å². The monoisotopic (exact) mass is 394 g/mol. The van der Waals surface area contributed by atoms with Crippen molar-refractivity contribution in [1.29, 1.82) is 0 Å². The van der Waals surface area contributed by atoms with Crippen LogP contribution in [0.1, 0.15) is 31.2 Å². The maximum Gasteiger partial charge on any atom is 0.328 e. The molecule has 1 heterocycles. The first-order valence-electron chi connectivity index (χ1n) is 9.28. The van der Waals surface area contributed by atoms with Crippen LogP contribution in [-0.4, -0.2) is 52.7 Å². The van der Waals surface area contributed by atoms with Crippen molar-refractivity contribution in [3.63, 3.8) is 0 Å². The van der Waals surface area contributed by atoms with Gasteiger partial charge in [-0.05, 0) is 56.3 Å². The zero-order chi connectivity index (χ0) is 19.6. The molecule has 0 unspecified atom stereocenters. The highest BCUT2D eigenvalue weighted by molar-refractivity contribution is 6.31. The van der Waals surface area contributed by atoms with Gasteiger partial charge in [0.2, 0.25) is 0 Å². The molecule has 1 saturated heterocycles. The van der Waals surface area contributed by atoms with Crippen molar-refractivity contribution in [2.75, 3.05) is 19.6 Å². The van der Waals surface area contributed by atoms with Crippen LogP contribution in [-0.2, 0) is 16.1 Å². The lowest BCUT2D eigenvalue weighted by Gasteiger charge is -2.35. The minimum atomic E-state index is -1.26. The number of hydrogen-bond donors (Lipinski definition) is 3. The number of carboxylic acid groups (broad SMARTS) is 2. The quantitative estimate of drug-likeness (QED) is 0.616. The highest BCUT2D eigenvalue weighted by Crippen LogP contribution is 2.32. The fourth-order valence-corrected chi connectivity index (χ4v) is 3.33. The molecule has 2 aliphatic rings. The molecule has 0 amide bonds.